The predicted octanol–water partition coefficient (Wildman–Crippen LogP) is 0.704. The standard InChI is InChI=1S/C10H12F2N2O2/c1-6-8(3-7(4-11)5-12)14(2)10(16)13-9(6)15/h3H,4-5H2,1-2H3,(H,13,15,16). The first-order valence-electron chi connectivity index (χ1n) is 4.62. The summed E-state index contributed by atoms with van der Waals surface area (Å²) in [7, 11) is 1.42. The van der Waals surface area contributed by atoms with Gasteiger partial charge < -0.3 is 0 Å². The number of allylic oxidation sites excluding steroid dienone is 1. The summed E-state index contributed by atoms with van der Waals surface area (Å²) in [4.78, 5) is 24.6. The highest BCUT2D eigenvalue weighted by Crippen LogP contribution is 2.07. The number of halogens is 2. The Hall–Kier alpha value is -1.72. The molecule has 0 aromatic carbocycles. The fourth-order valence-electron chi connectivity index (χ4n) is 1.26. The van der Waals surface area contributed by atoms with Gasteiger partial charge in [0.1, 0.15) is 13.3 Å². The number of nitrogens with zero attached hydrogens (tertiary/aromatic N) is 1. The summed E-state index contributed by atoms with van der Waals surface area (Å²) in [5.74, 6) is 0. The summed E-state index contributed by atoms with van der Waals surface area (Å²) in [5.41, 5.74) is -0.797. The van der Waals surface area contributed by atoms with Gasteiger partial charge in [0.2, 0.25) is 0 Å². The number of hydrogen-bond acceptors (Lipinski definition) is 2. The van der Waals surface area contributed by atoms with Crippen LogP contribution in [0.1, 0.15) is 11.3 Å². The van der Waals surface area contributed by atoms with Crippen LogP contribution in [0.15, 0.2) is 15.2 Å². The predicted molar refractivity (Wildman–Crippen MR) is 57.0 cm³/mol. The molecule has 0 saturated heterocycles. The Balaban J connectivity index is 3.50. The van der Waals surface area contributed by atoms with Gasteiger partial charge in [-0.05, 0) is 18.6 Å². The van der Waals surface area contributed by atoms with Crippen molar-refractivity contribution in [3.63, 3.8) is 0 Å². The van der Waals surface area contributed by atoms with E-state index >= 15 is 0 Å². The summed E-state index contributed by atoms with van der Waals surface area (Å²) in [6.07, 6.45) is 1.19. The molecule has 88 valence electrons. The van der Waals surface area contributed by atoms with Crippen molar-refractivity contribution in [3.05, 3.63) is 37.7 Å². The van der Waals surface area contributed by atoms with Gasteiger partial charge in [0.25, 0.3) is 5.56 Å². The lowest BCUT2D eigenvalue weighted by Gasteiger charge is -2.07. The van der Waals surface area contributed by atoms with E-state index in [9.17, 15) is 18.4 Å². The number of aromatic nitrogens is 2. The molecule has 1 aromatic heterocycles. The van der Waals surface area contributed by atoms with Crippen molar-refractivity contribution >= 4 is 6.08 Å². The van der Waals surface area contributed by atoms with Crippen molar-refractivity contribution in [2.45, 2.75) is 6.92 Å². The van der Waals surface area contributed by atoms with Gasteiger partial charge in [0.05, 0.1) is 5.69 Å². The molecule has 6 heteroatoms. The van der Waals surface area contributed by atoms with E-state index in [4.69, 9.17) is 0 Å². The van der Waals surface area contributed by atoms with Gasteiger partial charge in [-0.1, -0.05) is 0 Å². The maximum atomic E-state index is 12.3. The highest BCUT2D eigenvalue weighted by molar-refractivity contribution is 5.52. The van der Waals surface area contributed by atoms with Crippen LogP contribution in [0, 0.1) is 6.92 Å². The molecule has 0 saturated carbocycles. The fraction of sp³-hybridized carbons (Fsp3) is 0.400. The topological polar surface area (TPSA) is 54.9 Å². The maximum Gasteiger partial charge on any atom is 0.328 e. The van der Waals surface area contributed by atoms with E-state index in [1.165, 1.54) is 20.0 Å². The Morgan fingerprint density at radius 1 is 1.38 bits per heavy atom. The zero-order valence-electron chi connectivity index (χ0n) is 9.01. The Morgan fingerprint density at radius 3 is 2.44 bits per heavy atom. The second kappa shape index (κ2) is 4.87. The van der Waals surface area contributed by atoms with Crippen molar-refractivity contribution in [2.75, 3.05) is 13.3 Å². The van der Waals surface area contributed by atoms with Crippen molar-refractivity contribution in [1.29, 1.82) is 0 Å². The molecule has 0 spiro atoms. The molecule has 16 heavy (non-hydrogen) atoms. The van der Waals surface area contributed by atoms with Crippen LogP contribution in [0.5, 0.6) is 0 Å². The van der Waals surface area contributed by atoms with Crippen LogP contribution in [-0.2, 0) is 7.05 Å². The average Bonchev–Trinajstić information content (AvgIpc) is 2.27. The Morgan fingerprint density at radius 2 is 1.94 bits per heavy atom. The molecule has 1 heterocycles. The lowest BCUT2D eigenvalue weighted by Crippen LogP contribution is -2.31. The van der Waals surface area contributed by atoms with Crippen molar-refractivity contribution in [3.8, 4) is 0 Å². The third-order valence-electron chi connectivity index (χ3n) is 2.30. The molecule has 1 rings (SSSR count). The van der Waals surface area contributed by atoms with Crippen molar-refractivity contribution < 1.29 is 8.78 Å². The first-order valence-corrected chi connectivity index (χ1v) is 4.62. The minimum Gasteiger partial charge on any atom is -0.297 e. The minimum absolute atomic E-state index is 0.108. The average molecular weight is 230 g/mol. The first kappa shape index (κ1) is 12.4. The summed E-state index contributed by atoms with van der Waals surface area (Å²) in [6, 6.07) is 0. The lowest BCUT2D eigenvalue weighted by atomic mass is 10.2. The quantitative estimate of drug-likeness (QED) is 0.831. The van der Waals surface area contributed by atoms with Crippen LogP contribution in [0.4, 0.5) is 8.78 Å². The Bertz CT molecular complexity index is 488. The molecule has 0 radical (unpaired) electrons. The van der Waals surface area contributed by atoms with Crippen LogP contribution >= 0.6 is 0 Å². The fourth-order valence-corrected chi connectivity index (χ4v) is 1.26. The van der Waals surface area contributed by atoms with Gasteiger partial charge in [0, 0.05) is 12.6 Å². The summed E-state index contributed by atoms with van der Waals surface area (Å²) in [5, 5.41) is 0. The molecule has 0 atom stereocenters. The second-order valence-corrected chi connectivity index (χ2v) is 3.40. The van der Waals surface area contributed by atoms with Gasteiger partial charge in [0.15, 0.2) is 0 Å². The summed E-state index contributed by atoms with van der Waals surface area (Å²) >= 11 is 0. The zero-order chi connectivity index (χ0) is 12.3. The van der Waals surface area contributed by atoms with Gasteiger partial charge in [-0.25, -0.2) is 13.6 Å². The Kier molecular flexibility index (Phi) is 3.76. The monoisotopic (exact) mass is 230 g/mol. The number of hydrogen-bond donors (Lipinski definition) is 1. The number of rotatable bonds is 3. The molecule has 0 unspecified atom stereocenters. The van der Waals surface area contributed by atoms with E-state index < -0.39 is 24.6 Å². The highest BCUT2D eigenvalue weighted by atomic mass is 19.1. The normalized spacial score (nSPS) is 10.2. The number of alkyl halides is 2. The highest BCUT2D eigenvalue weighted by Gasteiger charge is 2.07. The van der Waals surface area contributed by atoms with Crippen LogP contribution in [-0.4, -0.2) is 22.9 Å². The van der Waals surface area contributed by atoms with E-state index in [-0.39, 0.29) is 16.8 Å². The van der Waals surface area contributed by atoms with Gasteiger partial charge in [-0.2, -0.15) is 0 Å². The van der Waals surface area contributed by atoms with E-state index in [2.05, 4.69) is 4.98 Å². The number of nitrogens with one attached hydrogen (secondary N) is 1. The van der Waals surface area contributed by atoms with Crippen molar-refractivity contribution in [2.24, 2.45) is 7.05 Å². The second-order valence-electron chi connectivity index (χ2n) is 3.40. The van der Waals surface area contributed by atoms with Crippen LogP contribution in [0.2, 0.25) is 0 Å². The summed E-state index contributed by atoms with van der Waals surface area (Å²) < 4.78 is 25.8. The maximum absolute atomic E-state index is 12.3. The molecule has 0 amide bonds. The van der Waals surface area contributed by atoms with E-state index in [1.54, 1.807) is 0 Å². The number of H-pyrrole nitrogens is 1. The largest absolute Gasteiger partial charge is 0.328 e. The molecular formula is C10H12F2N2O2. The smallest absolute Gasteiger partial charge is 0.297 e. The Labute approximate surface area is 90.2 Å². The molecule has 4 nitrogen and oxygen atoms in total. The van der Waals surface area contributed by atoms with Gasteiger partial charge >= 0.3 is 5.69 Å². The van der Waals surface area contributed by atoms with E-state index in [0.717, 1.165) is 4.57 Å². The van der Waals surface area contributed by atoms with E-state index in [0.29, 0.717) is 0 Å². The first-order chi connectivity index (χ1) is 7.51. The molecular weight excluding hydrogens is 218 g/mol. The van der Waals surface area contributed by atoms with Crippen LogP contribution in [0.25, 0.3) is 6.08 Å². The van der Waals surface area contributed by atoms with Crippen LogP contribution < -0.4 is 11.2 Å². The third kappa shape index (κ3) is 2.26. The van der Waals surface area contributed by atoms with Crippen molar-refractivity contribution in [1.82, 2.24) is 9.55 Å². The lowest BCUT2D eigenvalue weighted by molar-refractivity contribution is 0.477. The number of aromatic amines is 1. The molecule has 0 aliphatic heterocycles. The molecule has 0 bridgehead atoms. The SMILES string of the molecule is Cc1c(C=C(CF)CF)n(C)c(=O)[nH]c1=O. The van der Waals surface area contributed by atoms with E-state index in [1.807, 2.05) is 0 Å². The minimum atomic E-state index is -0.947. The molecule has 0 aliphatic carbocycles. The van der Waals surface area contributed by atoms with Crippen LogP contribution in [0.3, 0.4) is 0 Å². The third-order valence-corrected chi connectivity index (χ3v) is 2.30. The summed E-state index contributed by atoms with van der Waals surface area (Å²) in [6.45, 7) is -0.411. The molecule has 1 N–H and O–H groups in total. The molecule has 1 aromatic rings. The van der Waals surface area contributed by atoms with Gasteiger partial charge in [-0.3, -0.25) is 14.3 Å². The molecule has 0 aliphatic rings. The zero-order valence-corrected chi connectivity index (χ0v) is 9.01. The van der Waals surface area contributed by atoms with Gasteiger partial charge in [-0.15, -0.1) is 0 Å². The molecule has 0 fully saturated rings.